The van der Waals surface area contributed by atoms with Crippen molar-refractivity contribution in [3.8, 4) is 0 Å². The van der Waals surface area contributed by atoms with Crippen molar-refractivity contribution in [1.82, 2.24) is 15.1 Å². The molecule has 1 amide bonds. The Morgan fingerprint density at radius 1 is 1.41 bits per heavy atom. The highest BCUT2D eigenvalue weighted by Gasteiger charge is 2.31. The number of fused-ring (bicyclic) bond motifs is 1. The zero-order valence-corrected chi connectivity index (χ0v) is 12.5. The van der Waals surface area contributed by atoms with Crippen LogP contribution < -0.4 is 5.32 Å². The molecule has 0 spiro atoms. The molecule has 0 unspecified atom stereocenters. The van der Waals surface area contributed by atoms with Gasteiger partial charge < -0.3 is 20.1 Å². The third-order valence-electron chi connectivity index (χ3n) is 3.89. The summed E-state index contributed by atoms with van der Waals surface area (Å²) in [5.74, 6) is 0.489. The normalized spacial score (nSPS) is 24.7. The van der Waals surface area contributed by atoms with Crippen LogP contribution in [0.2, 0.25) is 5.15 Å². The number of nitrogens with zero attached hydrogens (tertiary/aromatic N) is 3. The molecule has 0 radical (unpaired) electrons. The molecule has 0 aliphatic carbocycles. The number of nitrogens with one attached hydrogen (secondary N) is 1. The van der Waals surface area contributed by atoms with Crippen molar-refractivity contribution < 1.29 is 19.0 Å². The standard InChI is InChI=1S/C13H16ClFN4O3/c14-11-9-1-2-22-6-10(9)12(18-17-11)16-8-3-7(15)4-19(5-8)13(20)21/h7-8H,1-6H2,(H,16,18)(H,20,21)/t7-,8-/m1/s1. The largest absolute Gasteiger partial charge is 0.465 e. The summed E-state index contributed by atoms with van der Waals surface area (Å²) in [6.07, 6.45) is -1.45. The molecule has 2 aliphatic rings. The van der Waals surface area contributed by atoms with E-state index < -0.39 is 12.3 Å². The summed E-state index contributed by atoms with van der Waals surface area (Å²) in [5.41, 5.74) is 1.70. The first-order chi connectivity index (χ1) is 10.5. The lowest BCUT2D eigenvalue weighted by atomic mass is 10.0. The average molecular weight is 331 g/mol. The Hall–Kier alpha value is -1.67. The maximum absolute atomic E-state index is 13.7. The highest BCUT2D eigenvalue weighted by Crippen LogP contribution is 2.28. The highest BCUT2D eigenvalue weighted by molar-refractivity contribution is 6.30. The van der Waals surface area contributed by atoms with Gasteiger partial charge in [0.25, 0.3) is 0 Å². The van der Waals surface area contributed by atoms with E-state index in [1.807, 2.05) is 0 Å². The topological polar surface area (TPSA) is 87.6 Å². The quantitative estimate of drug-likeness (QED) is 0.858. The molecule has 2 atom stereocenters. The van der Waals surface area contributed by atoms with Crippen LogP contribution in [0.4, 0.5) is 15.0 Å². The maximum atomic E-state index is 13.7. The van der Waals surface area contributed by atoms with Gasteiger partial charge in [-0.2, -0.15) is 0 Å². The number of alkyl halides is 1. The van der Waals surface area contributed by atoms with Gasteiger partial charge >= 0.3 is 6.09 Å². The fourth-order valence-corrected chi connectivity index (χ4v) is 3.09. The zero-order valence-electron chi connectivity index (χ0n) is 11.8. The third kappa shape index (κ3) is 3.07. The lowest BCUT2D eigenvalue weighted by molar-refractivity contribution is 0.101. The van der Waals surface area contributed by atoms with E-state index in [4.69, 9.17) is 21.4 Å². The predicted molar refractivity (Wildman–Crippen MR) is 76.9 cm³/mol. The predicted octanol–water partition coefficient (Wildman–Crippen LogP) is 1.70. The molecule has 120 valence electrons. The van der Waals surface area contributed by atoms with Gasteiger partial charge in [-0.25, -0.2) is 9.18 Å². The van der Waals surface area contributed by atoms with Crippen molar-refractivity contribution in [2.45, 2.75) is 31.7 Å². The number of halogens is 2. The Morgan fingerprint density at radius 2 is 2.23 bits per heavy atom. The second-order valence-electron chi connectivity index (χ2n) is 5.46. The van der Waals surface area contributed by atoms with E-state index in [2.05, 4.69) is 15.5 Å². The minimum absolute atomic E-state index is 0.0962. The maximum Gasteiger partial charge on any atom is 0.407 e. The van der Waals surface area contributed by atoms with Crippen LogP contribution in [0.25, 0.3) is 0 Å². The van der Waals surface area contributed by atoms with Gasteiger partial charge in [0.1, 0.15) is 6.17 Å². The van der Waals surface area contributed by atoms with E-state index in [9.17, 15) is 9.18 Å². The summed E-state index contributed by atoms with van der Waals surface area (Å²) in [5, 5.41) is 20.4. The van der Waals surface area contributed by atoms with Gasteiger partial charge in [-0.05, 0) is 6.42 Å². The molecule has 22 heavy (non-hydrogen) atoms. The van der Waals surface area contributed by atoms with E-state index >= 15 is 0 Å². The number of hydrogen-bond acceptors (Lipinski definition) is 5. The molecular weight excluding hydrogens is 315 g/mol. The highest BCUT2D eigenvalue weighted by atomic mass is 35.5. The molecule has 1 aromatic heterocycles. The summed E-state index contributed by atoms with van der Waals surface area (Å²) in [6, 6.07) is -0.360. The number of rotatable bonds is 2. The molecule has 0 aromatic carbocycles. The Bertz CT molecular complexity index is 589. The Kier molecular flexibility index (Phi) is 4.30. The number of carbonyl (C=O) groups is 1. The summed E-state index contributed by atoms with van der Waals surface area (Å²) in [7, 11) is 0. The van der Waals surface area contributed by atoms with E-state index in [1.54, 1.807) is 0 Å². The number of amides is 1. The monoisotopic (exact) mass is 330 g/mol. The van der Waals surface area contributed by atoms with E-state index in [-0.39, 0.29) is 25.6 Å². The van der Waals surface area contributed by atoms with Crippen molar-refractivity contribution in [2.75, 3.05) is 25.0 Å². The Balaban J connectivity index is 1.79. The zero-order chi connectivity index (χ0) is 15.7. The molecule has 2 aliphatic heterocycles. The lowest BCUT2D eigenvalue weighted by Crippen LogP contribution is -2.49. The van der Waals surface area contributed by atoms with Gasteiger partial charge in [-0.15, -0.1) is 10.2 Å². The van der Waals surface area contributed by atoms with Gasteiger partial charge in [-0.3, -0.25) is 0 Å². The molecule has 1 fully saturated rings. The second kappa shape index (κ2) is 6.21. The summed E-state index contributed by atoms with van der Waals surface area (Å²) in [6.45, 7) is 1.04. The number of anilines is 1. The average Bonchev–Trinajstić information content (AvgIpc) is 2.50. The van der Waals surface area contributed by atoms with Gasteiger partial charge in [0, 0.05) is 30.1 Å². The first-order valence-electron chi connectivity index (χ1n) is 7.04. The molecule has 1 aromatic rings. The van der Waals surface area contributed by atoms with Gasteiger partial charge in [0.2, 0.25) is 0 Å². The molecule has 2 N–H and O–H groups in total. The van der Waals surface area contributed by atoms with Crippen LogP contribution in [-0.4, -0.2) is 58.2 Å². The summed E-state index contributed by atoms with van der Waals surface area (Å²) in [4.78, 5) is 12.1. The Labute approximate surface area is 131 Å². The van der Waals surface area contributed by atoms with Crippen LogP contribution in [0.15, 0.2) is 0 Å². The van der Waals surface area contributed by atoms with Crippen molar-refractivity contribution in [2.24, 2.45) is 0 Å². The van der Waals surface area contributed by atoms with E-state index in [0.29, 0.717) is 30.6 Å². The third-order valence-corrected chi connectivity index (χ3v) is 4.19. The van der Waals surface area contributed by atoms with E-state index in [1.165, 1.54) is 0 Å². The Morgan fingerprint density at radius 3 is 3.00 bits per heavy atom. The van der Waals surface area contributed by atoms with Gasteiger partial charge in [0.15, 0.2) is 11.0 Å². The minimum Gasteiger partial charge on any atom is -0.465 e. The second-order valence-corrected chi connectivity index (χ2v) is 5.82. The van der Waals surface area contributed by atoms with Crippen molar-refractivity contribution >= 4 is 23.5 Å². The molecule has 1 saturated heterocycles. The number of hydrogen-bond donors (Lipinski definition) is 2. The van der Waals surface area contributed by atoms with Crippen molar-refractivity contribution in [3.63, 3.8) is 0 Å². The van der Waals surface area contributed by atoms with Gasteiger partial charge in [-0.1, -0.05) is 11.6 Å². The molecule has 3 heterocycles. The molecule has 9 heteroatoms. The van der Waals surface area contributed by atoms with E-state index in [0.717, 1.165) is 16.0 Å². The molecule has 7 nitrogen and oxygen atoms in total. The van der Waals surface area contributed by atoms with Crippen LogP contribution in [0.5, 0.6) is 0 Å². The molecule has 0 bridgehead atoms. The molecule has 3 rings (SSSR count). The number of likely N-dealkylation sites (tertiary alicyclic amines) is 1. The molecular formula is C13H16ClFN4O3. The van der Waals surface area contributed by atoms with Crippen LogP contribution in [0.1, 0.15) is 17.5 Å². The first kappa shape index (κ1) is 15.2. The van der Waals surface area contributed by atoms with Crippen LogP contribution in [0, 0.1) is 0 Å². The van der Waals surface area contributed by atoms with Crippen molar-refractivity contribution in [3.05, 3.63) is 16.3 Å². The molecule has 0 saturated carbocycles. The lowest BCUT2D eigenvalue weighted by Gasteiger charge is -2.34. The fraction of sp³-hybridized carbons (Fsp3) is 0.615. The SMILES string of the molecule is O=C(O)N1C[C@H](F)C[C@@H](Nc2nnc(Cl)c3c2COCC3)C1. The number of piperidine rings is 1. The fourth-order valence-electron chi connectivity index (χ4n) is 2.85. The van der Waals surface area contributed by atoms with Crippen molar-refractivity contribution in [1.29, 1.82) is 0 Å². The van der Waals surface area contributed by atoms with Crippen LogP contribution in [0.3, 0.4) is 0 Å². The minimum atomic E-state index is -1.20. The summed E-state index contributed by atoms with van der Waals surface area (Å²) >= 11 is 6.04. The summed E-state index contributed by atoms with van der Waals surface area (Å²) < 4.78 is 19.1. The number of carboxylic acid groups (broad SMARTS) is 1. The van der Waals surface area contributed by atoms with Crippen LogP contribution >= 0.6 is 11.6 Å². The first-order valence-corrected chi connectivity index (χ1v) is 7.42. The number of ether oxygens (including phenoxy) is 1. The van der Waals surface area contributed by atoms with Crippen LogP contribution in [-0.2, 0) is 17.8 Å². The van der Waals surface area contributed by atoms with Gasteiger partial charge in [0.05, 0.1) is 19.8 Å². The smallest absolute Gasteiger partial charge is 0.407 e. The number of aromatic nitrogens is 2.